The van der Waals surface area contributed by atoms with Crippen LogP contribution in [0.15, 0.2) is 24.3 Å². The fraction of sp³-hybridized carbons (Fsp3) is 0.562. The van der Waals surface area contributed by atoms with E-state index >= 15 is 0 Å². The maximum absolute atomic E-state index is 11.8. The second kappa shape index (κ2) is 9.69. The lowest BCUT2D eigenvalue weighted by Gasteiger charge is -2.08. The summed E-state index contributed by atoms with van der Waals surface area (Å²) in [6, 6.07) is 7.86. The smallest absolute Gasteiger partial charge is 0.251 e. The molecule has 1 amide bonds. The molecular formula is C16H27NO. The fourth-order valence-corrected chi connectivity index (χ4v) is 1.52. The van der Waals surface area contributed by atoms with Crippen LogP contribution >= 0.6 is 0 Å². The zero-order chi connectivity index (χ0) is 14.0. The lowest BCUT2D eigenvalue weighted by molar-refractivity contribution is 0.0953. The van der Waals surface area contributed by atoms with E-state index in [-0.39, 0.29) is 5.91 Å². The fourth-order valence-electron chi connectivity index (χ4n) is 1.52. The molecule has 102 valence electrons. The average molecular weight is 249 g/mol. The summed E-state index contributed by atoms with van der Waals surface area (Å²) in [6.07, 6.45) is 2.14. The van der Waals surface area contributed by atoms with Gasteiger partial charge in [-0.05, 0) is 30.0 Å². The van der Waals surface area contributed by atoms with E-state index in [2.05, 4.69) is 32.2 Å². The Kier molecular flexibility index (Phi) is 8.99. The molecule has 0 aliphatic rings. The van der Waals surface area contributed by atoms with Gasteiger partial charge >= 0.3 is 0 Å². The molecule has 0 fully saturated rings. The minimum Gasteiger partial charge on any atom is -0.352 e. The summed E-state index contributed by atoms with van der Waals surface area (Å²) >= 11 is 0. The number of nitrogens with one attached hydrogen (secondary N) is 1. The van der Waals surface area contributed by atoms with Crippen LogP contribution in [0.2, 0.25) is 0 Å². The summed E-state index contributed by atoms with van der Waals surface area (Å²) in [6.45, 7) is 11.1. The van der Waals surface area contributed by atoms with Gasteiger partial charge in [0.25, 0.3) is 5.91 Å². The standard InChI is InChI=1S/C14H21NO.C2H6/c1-4-5-9-15-14(16)13-8-6-7-12(10-13)11(2)3;1-2/h6-8,10-11H,4-5,9H2,1-3H3,(H,15,16);1-2H3. The van der Waals surface area contributed by atoms with Gasteiger partial charge in [-0.2, -0.15) is 0 Å². The van der Waals surface area contributed by atoms with Gasteiger partial charge in [-0.25, -0.2) is 0 Å². The zero-order valence-corrected chi connectivity index (χ0v) is 12.4. The largest absolute Gasteiger partial charge is 0.352 e. The minimum absolute atomic E-state index is 0.0379. The number of hydrogen-bond donors (Lipinski definition) is 1. The van der Waals surface area contributed by atoms with Crippen LogP contribution in [0.5, 0.6) is 0 Å². The summed E-state index contributed by atoms with van der Waals surface area (Å²) in [5, 5.41) is 2.93. The highest BCUT2D eigenvalue weighted by molar-refractivity contribution is 5.94. The number of hydrogen-bond acceptors (Lipinski definition) is 1. The first kappa shape index (κ1) is 16.7. The Balaban J connectivity index is 0.00000137. The van der Waals surface area contributed by atoms with E-state index in [0.717, 1.165) is 24.9 Å². The van der Waals surface area contributed by atoms with Crippen molar-refractivity contribution in [2.75, 3.05) is 6.54 Å². The van der Waals surface area contributed by atoms with Crippen LogP contribution < -0.4 is 5.32 Å². The molecule has 1 N–H and O–H groups in total. The Morgan fingerprint density at radius 1 is 1.28 bits per heavy atom. The monoisotopic (exact) mass is 249 g/mol. The SMILES string of the molecule is CC.CCCCNC(=O)c1cccc(C(C)C)c1. The molecule has 2 nitrogen and oxygen atoms in total. The van der Waals surface area contributed by atoms with E-state index in [4.69, 9.17) is 0 Å². The van der Waals surface area contributed by atoms with Crippen LogP contribution in [0, 0.1) is 0 Å². The molecule has 0 aliphatic carbocycles. The lowest BCUT2D eigenvalue weighted by Crippen LogP contribution is -2.24. The molecule has 0 aromatic heterocycles. The van der Waals surface area contributed by atoms with Crippen LogP contribution in [0.25, 0.3) is 0 Å². The van der Waals surface area contributed by atoms with Crippen molar-refractivity contribution in [1.29, 1.82) is 0 Å². The Hall–Kier alpha value is -1.31. The average Bonchev–Trinajstić information content (AvgIpc) is 2.41. The van der Waals surface area contributed by atoms with E-state index in [9.17, 15) is 4.79 Å². The predicted octanol–water partition coefficient (Wildman–Crippen LogP) is 4.37. The highest BCUT2D eigenvalue weighted by Gasteiger charge is 2.06. The number of benzene rings is 1. The molecule has 0 saturated carbocycles. The molecule has 0 atom stereocenters. The quantitative estimate of drug-likeness (QED) is 0.771. The molecule has 0 heterocycles. The van der Waals surface area contributed by atoms with Crippen molar-refractivity contribution >= 4 is 5.91 Å². The number of amides is 1. The van der Waals surface area contributed by atoms with Gasteiger partial charge in [-0.15, -0.1) is 0 Å². The first-order valence-electron chi connectivity index (χ1n) is 7.03. The van der Waals surface area contributed by atoms with E-state index < -0.39 is 0 Å². The maximum Gasteiger partial charge on any atom is 0.251 e. The zero-order valence-electron chi connectivity index (χ0n) is 12.4. The van der Waals surface area contributed by atoms with Crippen LogP contribution in [-0.2, 0) is 0 Å². The van der Waals surface area contributed by atoms with Crippen molar-refractivity contribution in [2.24, 2.45) is 0 Å². The first-order chi connectivity index (χ1) is 8.65. The molecule has 18 heavy (non-hydrogen) atoms. The molecule has 1 aromatic carbocycles. The van der Waals surface area contributed by atoms with Gasteiger partial charge in [0.15, 0.2) is 0 Å². The number of carbonyl (C=O) groups excluding carboxylic acids is 1. The molecule has 0 unspecified atom stereocenters. The van der Waals surface area contributed by atoms with Crippen molar-refractivity contribution in [2.45, 2.75) is 53.4 Å². The molecule has 0 saturated heterocycles. The second-order valence-corrected chi connectivity index (χ2v) is 4.39. The maximum atomic E-state index is 11.8. The van der Waals surface area contributed by atoms with Gasteiger partial charge in [0.2, 0.25) is 0 Å². The molecule has 2 heteroatoms. The van der Waals surface area contributed by atoms with E-state index in [1.807, 2.05) is 32.0 Å². The van der Waals surface area contributed by atoms with Gasteiger partial charge in [0.05, 0.1) is 0 Å². The van der Waals surface area contributed by atoms with Crippen LogP contribution in [-0.4, -0.2) is 12.5 Å². The van der Waals surface area contributed by atoms with Crippen molar-refractivity contribution in [3.05, 3.63) is 35.4 Å². The van der Waals surface area contributed by atoms with Crippen molar-refractivity contribution in [3.63, 3.8) is 0 Å². The van der Waals surface area contributed by atoms with Gasteiger partial charge in [-0.3, -0.25) is 4.79 Å². The van der Waals surface area contributed by atoms with Crippen LogP contribution in [0.1, 0.15) is 69.3 Å². The van der Waals surface area contributed by atoms with Crippen molar-refractivity contribution in [3.8, 4) is 0 Å². The minimum atomic E-state index is 0.0379. The first-order valence-corrected chi connectivity index (χ1v) is 7.03. The molecule has 0 spiro atoms. The van der Waals surface area contributed by atoms with Crippen LogP contribution in [0.3, 0.4) is 0 Å². The van der Waals surface area contributed by atoms with Crippen molar-refractivity contribution < 1.29 is 4.79 Å². The highest BCUT2D eigenvalue weighted by atomic mass is 16.1. The van der Waals surface area contributed by atoms with Gasteiger partial charge in [0, 0.05) is 12.1 Å². The summed E-state index contributed by atoms with van der Waals surface area (Å²) in [4.78, 5) is 11.8. The molecule has 1 aromatic rings. The lowest BCUT2D eigenvalue weighted by atomic mass is 10.0. The number of unbranched alkanes of at least 4 members (excludes halogenated alkanes) is 1. The van der Waals surface area contributed by atoms with E-state index in [0.29, 0.717) is 5.92 Å². The Morgan fingerprint density at radius 3 is 2.50 bits per heavy atom. The molecule has 1 rings (SSSR count). The summed E-state index contributed by atoms with van der Waals surface area (Å²) in [5.74, 6) is 0.499. The topological polar surface area (TPSA) is 29.1 Å². The van der Waals surface area contributed by atoms with Gasteiger partial charge < -0.3 is 5.32 Å². The highest BCUT2D eigenvalue weighted by Crippen LogP contribution is 2.15. The second-order valence-electron chi connectivity index (χ2n) is 4.39. The Labute approximate surface area is 112 Å². The third kappa shape index (κ3) is 5.85. The summed E-state index contributed by atoms with van der Waals surface area (Å²) in [5.41, 5.74) is 1.98. The normalized spacial score (nSPS) is 9.67. The Morgan fingerprint density at radius 2 is 1.94 bits per heavy atom. The third-order valence-electron chi connectivity index (χ3n) is 2.63. The van der Waals surface area contributed by atoms with E-state index in [1.165, 1.54) is 5.56 Å². The molecule has 0 radical (unpaired) electrons. The Bertz CT molecular complexity index is 345. The third-order valence-corrected chi connectivity index (χ3v) is 2.63. The summed E-state index contributed by atoms with van der Waals surface area (Å²) < 4.78 is 0. The van der Waals surface area contributed by atoms with E-state index in [1.54, 1.807) is 0 Å². The van der Waals surface area contributed by atoms with Gasteiger partial charge in [-0.1, -0.05) is 53.2 Å². The molecular weight excluding hydrogens is 222 g/mol. The van der Waals surface area contributed by atoms with Crippen molar-refractivity contribution in [1.82, 2.24) is 5.32 Å². The summed E-state index contributed by atoms with van der Waals surface area (Å²) in [7, 11) is 0. The number of carbonyl (C=O) groups is 1. The van der Waals surface area contributed by atoms with Gasteiger partial charge in [0.1, 0.15) is 0 Å². The molecule has 0 bridgehead atoms. The number of rotatable bonds is 5. The predicted molar refractivity (Wildman–Crippen MR) is 79.1 cm³/mol. The van der Waals surface area contributed by atoms with Crippen LogP contribution in [0.4, 0.5) is 0 Å². The molecule has 0 aliphatic heterocycles.